The van der Waals surface area contributed by atoms with Crippen LogP contribution < -0.4 is 10.1 Å². The van der Waals surface area contributed by atoms with Crippen LogP contribution in [-0.2, 0) is 11.3 Å². The largest absolute Gasteiger partial charge is 0.497 e. The van der Waals surface area contributed by atoms with Crippen LogP contribution in [0.15, 0.2) is 42.5 Å². The van der Waals surface area contributed by atoms with E-state index in [2.05, 4.69) is 9.88 Å². The van der Waals surface area contributed by atoms with Crippen LogP contribution in [0.2, 0.25) is 5.02 Å². The van der Waals surface area contributed by atoms with Gasteiger partial charge >= 0.3 is 0 Å². The van der Waals surface area contributed by atoms with Gasteiger partial charge in [-0.05, 0) is 55.7 Å². The number of Topliss-reactive ketones (excluding diaryl/α,β-unsaturated/α-hetero) is 1. The standard InChI is InChI=1S/C25H27ClN2O3/c1-16-23(24(29)25(30)27-19-6-4-3-5-7-19)21-14-20(31-2)12-13-22(21)28(16)15-17-8-10-18(26)11-9-17/h8-14,19H,3-7,15H2,1-2H3,(H,27,30). The van der Waals surface area contributed by atoms with Crippen molar-refractivity contribution in [3.63, 3.8) is 0 Å². The number of fused-ring (bicyclic) bond motifs is 1. The lowest BCUT2D eigenvalue weighted by Gasteiger charge is -2.22. The summed E-state index contributed by atoms with van der Waals surface area (Å²) in [4.78, 5) is 26.1. The smallest absolute Gasteiger partial charge is 0.292 e. The zero-order chi connectivity index (χ0) is 22.0. The number of rotatable bonds is 6. The molecule has 1 aliphatic rings. The fourth-order valence-electron chi connectivity index (χ4n) is 4.46. The molecule has 0 radical (unpaired) electrons. The van der Waals surface area contributed by atoms with E-state index in [1.807, 2.05) is 49.4 Å². The lowest BCUT2D eigenvalue weighted by molar-refractivity contribution is -0.117. The molecule has 0 atom stereocenters. The Hall–Kier alpha value is -2.79. The van der Waals surface area contributed by atoms with Crippen molar-refractivity contribution in [3.05, 3.63) is 64.3 Å². The molecule has 3 aromatic rings. The average molecular weight is 439 g/mol. The molecule has 0 bridgehead atoms. The lowest BCUT2D eigenvalue weighted by Crippen LogP contribution is -2.40. The minimum Gasteiger partial charge on any atom is -0.497 e. The highest BCUT2D eigenvalue weighted by Gasteiger charge is 2.27. The van der Waals surface area contributed by atoms with Gasteiger partial charge in [-0.25, -0.2) is 0 Å². The molecule has 0 saturated heterocycles. The van der Waals surface area contributed by atoms with Gasteiger partial charge in [-0.3, -0.25) is 9.59 Å². The number of carbonyl (C=O) groups is 2. The topological polar surface area (TPSA) is 60.3 Å². The van der Waals surface area contributed by atoms with Crippen molar-refractivity contribution in [2.45, 2.75) is 51.6 Å². The van der Waals surface area contributed by atoms with E-state index in [0.717, 1.165) is 47.8 Å². The first-order chi connectivity index (χ1) is 15.0. The highest BCUT2D eigenvalue weighted by Crippen LogP contribution is 2.31. The van der Waals surface area contributed by atoms with Gasteiger partial charge in [0, 0.05) is 34.2 Å². The highest BCUT2D eigenvalue weighted by atomic mass is 35.5. The Morgan fingerprint density at radius 1 is 1.10 bits per heavy atom. The van der Waals surface area contributed by atoms with Crippen LogP contribution in [0.5, 0.6) is 5.75 Å². The maximum absolute atomic E-state index is 13.3. The first-order valence-corrected chi connectivity index (χ1v) is 11.1. The van der Waals surface area contributed by atoms with E-state index >= 15 is 0 Å². The number of hydrogen-bond acceptors (Lipinski definition) is 3. The number of halogens is 1. The molecule has 1 N–H and O–H groups in total. The van der Waals surface area contributed by atoms with Gasteiger partial charge < -0.3 is 14.6 Å². The number of ether oxygens (including phenoxy) is 1. The SMILES string of the molecule is COc1ccc2c(c1)c(C(=O)C(=O)NC1CCCCC1)c(C)n2Cc1ccc(Cl)cc1. The number of amides is 1. The van der Waals surface area contributed by atoms with E-state index in [1.54, 1.807) is 7.11 Å². The molecule has 1 saturated carbocycles. The first-order valence-electron chi connectivity index (χ1n) is 10.7. The molecule has 0 unspecified atom stereocenters. The Morgan fingerprint density at radius 2 is 1.81 bits per heavy atom. The van der Waals surface area contributed by atoms with Crippen molar-refractivity contribution >= 4 is 34.2 Å². The van der Waals surface area contributed by atoms with Crippen LogP contribution in [0.1, 0.15) is 53.7 Å². The van der Waals surface area contributed by atoms with Crippen molar-refractivity contribution in [1.82, 2.24) is 9.88 Å². The van der Waals surface area contributed by atoms with Crippen molar-refractivity contribution in [1.29, 1.82) is 0 Å². The predicted octanol–water partition coefficient (Wildman–Crippen LogP) is 5.29. The fourth-order valence-corrected chi connectivity index (χ4v) is 4.59. The van der Waals surface area contributed by atoms with E-state index in [0.29, 0.717) is 22.9 Å². The maximum Gasteiger partial charge on any atom is 0.292 e. The summed E-state index contributed by atoms with van der Waals surface area (Å²) in [5, 5.41) is 4.37. The molecule has 0 aliphatic heterocycles. The van der Waals surface area contributed by atoms with Crippen molar-refractivity contribution < 1.29 is 14.3 Å². The molecule has 1 heterocycles. The van der Waals surface area contributed by atoms with Gasteiger partial charge in [0.25, 0.3) is 11.7 Å². The van der Waals surface area contributed by atoms with Gasteiger partial charge in [0.2, 0.25) is 0 Å². The number of hydrogen-bond donors (Lipinski definition) is 1. The summed E-state index contributed by atoms with van der Waals surface area (Å²) in [5.41, 5.74) is 3.16. The molecular weight excluding hydrogens is 412 g/mol. The molecule has 1 aliphatic carbocycles. The molecule has 6 heteroatoms. The minimum atomic E-state index is -0.525. The Kier molecular flexibility index (Phi) is 6.33. The van der Waals surface area contributed by atoms with Gasteiger partial charge in [-0.2, -0.15) is 0 Å². The number of carbonyl (C=O) groups excluding carboxylic acids is 2. The quantitative estimate of drug-likeness (QED) is 0.420. The van der Waals surface area contributed by atoms with E-state index in [1.165, 1.54) is 6.42 Å². The molecule has 4 rings (SSSR count). The van der Waals surface area contributed by atoms with Crippen molar-refractivity contribution in [2.24, 2.45) is 0 Å². The summed E-state index contributed by atoms with van der Waals surface area (Å²) < 4.78 is 7.45. The number of aromatic nitrogens is 1. The second-order valence-corrected chi connectivity index (χ2v) is 8.63. The Morgan fingerprint density at radius 3 is 2.48 bits per heavy atom. The molecule has 2 aromatic carbocycles. The van der Waals surface area contributed by atoms with Crippen molar-refractivity contribution in [3.8, 4) is 5.75 Å². The van der Waals surface area contributed by atoms with Crippen LogP contribution in [0, 0.1) is 6.92 Å². The molecule has 31 heavy (non-hydrogen) atoms. The van der Waals surface area contributed by atoms with Gasteiger partial charge in [0.1, 0.15) is 5.75 Å². The van der Waals surface area contributed by atoms with Crippen LogP contribution in [0.4, 0.5) is 0 Å². The second-order valence-electron chi connectivity index (χ2n) is 8.19. The predicted molar refractivity (Wildman–Crippen MR) is 123 cm³/mol. The van der Waals surface area contributed by atoms with Crippen LogP contribution in [0.25, 0.3) is 10.9 Å². The summed E-state index contributed by atoms with van der Waals surface area (Å²) in [5.74, 6) is -0.363. The van der Waals surface area contributed by atoms with Crippen molar-refractivity contribution in [2.75, 3.05) is 7.11 Å². The summed E-state index contributed by atoms with van der Waals surface area (Å²) in [6.07, 6.45) is 5.25. The van der Waals surface area contributed by atoms with Gasteiger partial charge in [0.15, 0.2) is 0 Å². The molecule has 0 spiro atoms. The highest BCUT2D eigenvalue weighted by molar-refractivity contribution is 6.45. The monoisotopic (exact) mass is 438 g/mol. The Balaban J connectivity index is 1.72. The normalized spacial score (nSPS) is 14.5. The third-order valence-corrected chi connectivity index (χ3v) is 6.41. The van der Waals surface area contributed by atoms with Gasteiger partial charge in [0.05, 0.1) is 12.7 Å². The Labute approximate surface area is 187 Å². The van der Waals surface area contributed by atoms with Crippen LogP contribution in [0.3, 0.4) is 0 Å². The van der Waals surface area contributed by atoms with E-state index < -0.39 is 11.7 Å². The molecular formula is C25H27ClN2O3. The second kappa shape index (κ2) is 9.15. The molecule has 1 aromatic heterocycles. The summed E-state index contributed by atoms with van der Waals surface area (Å²) in [6.45, 7) is 2.47. The number of nitrogens with one attached hydrogen (secondary N) is 1. The van der Waals surface area contributed by atoms with E-state index in [4.69, 9.17) is 16.3 Å². The van der Waals surface area contributed by atoms with E-state index in [-0.39, 0.29) is 6.04 Å². The molecule has 5 nitrogen and oxygen atoms in total. The van der Waals surface area contributed by atoms with Gasteiger partial charge in [-0.1, -0.05) is 43.0 Å². The third-order valence-electron chi connectivity index (χ3n) is 6.16. The van der Waals surface area contributed by atoms with Crippen LogP contribution >= 0.6 is 11.6 Å². The summed E-state index contributed by atoms with van der Waals surface area (Å²) >= 11 is 6.03. The lowest BCUT2D eigenvalue weighted by atomic mass is 9.95. The first kappa shape index (κ1) is 21.4. The minimum absolute atomic E-state index is 0.0856. The van der Waals surface area contributed by atoms with Gasteiger partial charge in [-0.15, -0.1) is 0 Å². The zero-order valence-electron chi connectivity index (χ0n) is 17.9. The Bertz CT molecular complexity index is 1110. The summed E-state index contributed by atoms with van der Waals surface area (Å²) in [7, 11) is 1.59. The number of benzene rings is 2. The molecule has 1 fully saturated rings. The fraction of sp³-hybridized carbons (Fsp3) is 0.360. The molecule has 162 valence electrons. The summed E-state index contributed by atoms with van der Waals surface area (Å²) in [6, 6.07) is 13.4. The third kappa shape index (κ3) is 4.47. The number of ketones is 1. The van der Waals surface area contributed by atoms with E-state index in [9.17, 15) is 9.59 Å². The average Bonchev–Trinajstić information content (AvgIpc) is 3.05. The number of nitrogens with zero attached hydrogens (tertiary/aromatic N) is 1. The zero-order valence-corrected chi connectivity index (χ0v) is 18.7. The maximum atomic E-state index is 13.3. The van der Waals surface area contributed by atoms with Crippen LogP contribution in [-0.4, -0.2) is 29.4 Å². The molecule has 1 amide bonds. The number of methoxy groups -OCH3 is 1.